The minimum Gasteiger partial charge on any atom is -0.337 e. The normalized spacial score (nSPS) is 11.0. The van der Waals surface area contributed by atoms with Gasteiger partial charge in [-0.3, -0.25) is 4.79 Å². The number of hydrogen-bond donors (Lipinski definition) is 0. The Morgan fingerprint density at radius 3 is 2.37 bits per heavy atom. The van der Waals surface area contributed by atoms with Gasteiger partial charge in [0.15, 0.2) is 0 Å². The lowest BCUT2D eigenvalue weighted by Gasteiger charge is -2.21. The maximum absolute atomic E-state index is 13.0. The van der Waals surface area contributed by atoms with Crippen LogP contribution in [0.5, 0.6) is 0 Å². The first-order valence-electron chi connectivity index (χ1n) is 8.59. The second-order valence-corrected chi connectivity index (χ2v) is 9.89. The van der Waals surface area contributed by atoms with Crippen molar-refractivity contribution in [3.8, 4) is 9.88 Å². The molecular formula is C20H18N2OS4. The molecule has 0 radical (unpaired) electrons. The van der Waals surface area contributed by atoms with Crippen LogP contribution in [-0.4, -0.2) is 22.3 Å². The Balaban J connectivity index is 1.44. The number of nitrogens with zero attached hydrogens (tertiary/aromatic N) is 2. The van der Waals surface area contributed by atoms with Gasteiger partial charge in [-0.25, -0.2) is 4.98 Å². The molecule has 0 unspecified atom stereocenters. The van der Waals surface area contributed by atoms with E-state index in [0.717, 1.165) is 28.5 Å². The molecule has 4 rings (SSSR count). The van der Waals surface area contributed by atoms with Crippen LogP contribution >= 0.6 is 45.3 Å². The van der Waals surface area contributed by atoms with E-state index in [9.17, 15) is 4.79 Å². The van der Waals surface area contributed by atoms with E-state index in [0.29, 0.717) is 13.0 Å². The van der Waals surface area contributed by atoms with E-state index in [1.807, 2.05) is 22.4 Å². The molecule has 0 saturated carbocycles. The number of hydrogen-bond acceptors (Lipinski definition) is 6. The topological polar surface area (TPSA) is 33.2 Å². The molecule has 4 aromatic heterocycles. The molecule has 0 spiro atoms. The molecule has 0 bridgehead atoms. The van der Waals surface area contributed by atoms with Gasteiger partial charge in [0.2, 0.25) is 5.91 Å². The number of carbonyl (C=O) groups is 1. The third-order valence-corrected chi connectivity index (χ3v) is 7.83. The van der Waals surface area contributed by atoms with Gasteiger partial charge < -0.3 is 4.90 Å². The SMILES string of the molecule is O=C(Cc1csc(-c2cccs2)n1)N(CCc1cccs1)Cc1cccs1. The molecule has 7 heteroatoms. The van der Waals surface area contributed by atoms with Crippen molar-refractivity contribution >= 4 is 51.3 Å². The van der Waals surface area contributed by atoms with E-state index in [1.165, 1.54) is 9.75 Å². The predicted molar refractivity (Wildman–Crippen MR) is 117 cm³/mol. The number of amides is 1. The summed E-state index contributed by atoms with van der Waals surface area (Å²) in [5, 5.41) is 9.20. The molecule has 0 saturated heterocycles. The van der Waals surface area contributed by atoms with Gasteiger partial charge in [0.25, 0.3) is 0 Å². The van der Waals surface area contributed by atoms with Crippen molar-refractivity contribution in [3.63, 3.8) is 0 Å². The molecule has 138 valence electrons. The Morgan fingerprint density at radius 1 is 0.926 bits per heavy atom. The zero-order chi connectivity index (χ0) is 18.5. The summed E-state index contributed by atoms with van der Waals surface area (Å²) in [4.78, 5) is 23.3. The zero-order valence-corrected chi connectivity index (χ0v) is 17.8. The van der Waals surface area contributed by atoms with Gasteiger partial charge in [-0.1, -0.05) is 18.2 Å². The first-order chi connectivity index (χ1) is 13.3. The largest absolute Gasteiger partial charge is 0.337 e. The van der Waals surface area contributed by atoms with Crippen LogP contribution in [0.3, 0.4) is 0 Å². The molecule has 0 fully saturated rings. The molecule has 0 N–H and O–H groups in total. The summed E-state index contributed by atoms with van der Waals surface area (Å²) >= 11 is 6.73. The van der Waals surface area contributed by atoms with Crippen LogP contribution < -0.4 is 0 Å². The minimum absolute atomic E-state index is 0.142. The van der Waals surface area contributed by atoms with Gasteiger partial charge in [-0.15, -0.1) is 45.3 Å². The summed E-state index contributed by atoms with van der Waals surface area (Å²) in [6.45, 7) is 1.41. The second kappa shape index (κ2) is 8.93. The Bertz CT molecular complexity index is 956. The van der Waals surface area contributed by atoms with Crippen molar-refractivity contribution in [2.24, 2.45) is 0 Å². The van der Waals surface area contributed by atoms with E-state index in [2.05, 4.69) is 45.4 Å². The highest BCUT2D eigenvalue weighted by molar-refractivity contribution is 7.20. The van der Waals surface area contributed by atoms with Crippen LogP contribution in [0.2, 0.25) is 0 Å². The lowest BCUT2D eigenvalue weighted by Crippen LogP contribution is -2.33. The molecule has 1 amide bonds. The van der Waals surface area contributed by atoms with Crippen LogP contribution in [0.4, 0.5) is 0 Å². The van der Waals surface area contributed by atoms with Gasteiger partial charge in [-0.2, -0.15) is 0 Å². The van der Waals surface area contributed by atoms with Crippen molar-refractivity contribution < 1.29 is 4.79 Å². The average molecular weight is 431 g/mol. The highest BCUT2D eigenvalue weighted by atomic mass is 32.1. The summed E-state index contributed by atoms with van der Waals surface area (Å²) in [5.74, 6) is 0.142. The fourth-order valence-corrected chi connectivity index (χ4v) is 5.80. The molecule has 0 aliphatic carbocycles. The summed E-state index contributed by atoms with van der Waals surface area (Å²) < 4.78 is 0. The Hall–Kier alpha value is -1.80. The smallest absolute Gasteiger partial charge is 0.228 e. The Labute approximate surface area is 174 Å². The van der Waals surface area contributed by atoms with Gasteiger partial charge in [0, 0.05) is 21.7 Å². The standard InChI is InChI=1S/C20H18N2OS4/c23-19(12-15-14-27-20(21-15)18-6-3-11-26-18)22(13-17-5-2-10-25-17)8-7-16-4-1-9-24-16/h1-6,9-11,14H,7-8,12-13H2. The highest BCUT2D eigenvalue weighted by Crippen LogP contribution is 2.28. The Morgan fingerprint density at radius 2 is 1.67 bits per heavy atom. The fraction of sp³-hybridized carbons (Fsp3) is 0.200. The first-order valence-corrected chi connectivity index (χ1v) is 12.1. The van der Waals surface area contributed by atoms with Crippen molar-refractivity contribution in [2.45, 2.75) is 19.4 Å². The zero-order valence-electron chi connectivity index (χ0n) is 14.5. The molecular weight excluding hydrogens is 413 g/mol. The minimum atomic E-state index is 0.142. The number of aromatic nitrogens is 1. The summed E-state index contributed by atoms with van der Waals surface area (Å²) in [5.41, 5.74) is 0.862. The summed E-state index contributed by atoms with van der Waals surface area (Å²) in [6, 6.07) is 12.4. The molecule has 27 heavy (non-hydrogen) atoms. The number of carbonyl (C=O) groups excluding carboxylic acids is 1. The van der Waals surface area contributed by atoms with Gasteiger partial charge in [0.1, 0.15) is 5.01 Å². The van der Waals surface area contributed by atoms with Crippen LogP contribution in [0, 0.1) is 0 Å². The molecule has 3 nitrogen and oxygen atoms in total. The van der Waals surface area contributed by atoms with Crippen molar-refractivity contribution in [1.82, 2.24) is 9.88 Å². The van der Waals surface area contributed by atoms with E-state index >= 15 is 0 Å². The van der Waals surface area contributed by atoms with E-state index in [4.69, 9.17) is 0 Å². The summed E-state index contributed by atoms with van der Waals surface area (Å²) in [7, 11) is 0. The maximum atomic E-state index is 13.0. The quantitative estimate of drug-likeness (QED) is 0.353. The first kappa shape index (κ1) is 18.6. The highest BCUT2D eigenvalue weighted by Gasteiger charge is 2.17. The number of thiazole rings is 1. The van der Waals surface area contributed by atoms with Crippen LogP contribution in [0.15, 0.2) is 57.9 Å². The van der Waals surface area contributed by atoms with Crippen molar-refractivity contribution in [1.29, 1.82) is 0 Å². The molecule has 0 aliphatic heterocycles. The van der Waals surface area contributed by atoms with Crippen molar-refractivity contribution in [3.05, 3.63) is 73.4 Å². The molecule has 0 aromatic carbocycles. The third kappa shape index (κ3) is 4.93. The molecule has 0 aliphatic rings. The number of thiophene rings is 3. The third-order valence-electron chi connectivity index (χ3n) is 4.10. The van der Waals surface area contributed by atoms with E-state index in [1.54, 1.807) is 45.3 Å². The van der Waals surface area contributed by atoms with Gasteiger partial charge in [-0.05, 0) is 40.8 Å². The monoisotopic (exact) mass is 430 g/mol. The molecule has 4 heterocycles. The van der Waals surface area contributed by atoms with Crippen LogP contribution in [-0.2, 0) is 24.2 Å². The lowest BCUT2D eigenvalue weighted by molar-refractivity contribution is -0.131. The molecule has 4 aromatic rings. The van der Waals surface area contributed by atoms with Crippen LogP contribution in [0.25, 0.3) is 9.88 Å². The number of rotatable bonds is 8. The molecule has 0 atom stereocenters. The van der Waals surface area contributed by atoms with Crippen molar-refractivity contribution in [2.75, 3.05) is 6.54 Å². The van der Waals surface area contributed by atoms with E-state index in [-0.39, 0.29) is 5.91 Å². The van der Waals surface area contributed by atoms with E-state index < -0.39 is 0 Å². The summed E-state index contributed by atoms with van der Waals surface area (Å²) in [6.07, 6.45) is 1.25. The van der Waals surface area contributed by atoms with Gasteiger partial charge >= 0.3 is 0 Å². The average Bonchev–Trinajstić information content (AvgIpc) is 3.47. The predicted octanol–water partition coefficient (Wildman–Crippen LogP) is 5.81. The maximum Gasteiger partial charge on any atom is 0.228 e. The fourth-order valence-electron chi connectivity index (χ4n) is 2.75. The lowest BCUT2D eigenvalue weighted by atomic mass is 10.2. The van der Waals surface area contributed by atoms with Crippen LogP contribution in [0.1, 0.15) is 15.4 Å². The van der Waals surface area contributed by atoms with Gasteiger partial charge in [0.05, 0.1) is 23.5 Å². The second-order valence-electron chi connectivity index (χ2n) is 6.02. The Kier molecular flexibility index (Phi) is 6.14.